The molecule has 2 fully saturated rings. The smallest absolute Gasteiger partial charge is 0.227 e. The molecule has 2 rings (SSSR count). The lowest BCUT2D eigenvalue weighted by Gasteiger charge is -2.34. The fourth-order valence-electron chi connectivity index (χ4n) is 3.85. The number of carbonyl (C=O) groups is 1. The van der Waals surface area contributed by atoms with Crippen molar-refractivity contribution in [1.29, 1.82) is 0 Å². The van der Waals surface area contributed by atoms with Crippen LogP contribution in [0.4, 0.5) is 0 Å². The van der Waals surface area contributed by atoms with Crippen molar-refractivity contribution in [2.75, 3.05) is 13.1 Å². The lowest BCUT2D eigenvalue weighted by atomic mass is 10.0. The molecule has 116 valence electrons. The van der Waals surface area contributed by atoms with Crippen molar-refractivity contribution >= 4 is 5.91 Å². The normalized spacial score (nSPS) is 28.4. The summed E-state index contributed by atoms with van der Waals surface area (Å²) in [6.45, 7) is 15.2. The summed E-state index contributed by atoms with van der Waals surface area (Å²) in [6, 6.07) is 0.776. The van der Waals surface area contributed by atoms with Crippen molar-refractivity contribution in [2.45, 2.75) is 72.9 Å². The Bertz CT molecular complexity index is 353. The zero-order valence-corrected chi connectivity index (χ0v) is 14.1. The van der Waals surface area contributed by atoms with Crippen LogP contribution in [0, 0.1) is 16.7 Å². The van der Waals surface area contributed by atoms with E-state index in [2.05, 4.69) is 51.8 Å². The van der Waals surface area contributed by atoms with E-state index in [-0.39, 0.29) is 16.7 Å². The maximum Gasteiger partial charge on any atom is 0.227 e. The van der Waals surface area contributed by atoms with E-state index in [9.17, 15) is 4.79 Å². The lowest BCUT2D eigenvalue weighted by molar-refractivity contribution is -0.136. The van der Waals surface area contributed by atoms with Gasteiger partial charge in [0.1, 0.15) is 0 Å². The molecular weight excluding hydrogens is 248 g/mol. The Morgan fingerprint density at radius 1 is 1.20 bits per heavy atom. The van der Waals surface area contributed by atoms with Crippen LogP contribution in [-0.2, 0) is 4.79 Å². The molecular formula is C17H32N2O. The number of hydrogen-bond acceptors (Lipinski definition) is 2. The Labute approximate surface area is 124 Å². The van der Waals surface area contributed by atoms with Gasteiger partial charge in [0, 0.05) is 24.5 Å². The highest BCUT2D eigenvalue weighted by Gasteiger charge is 2.68. The Kier molecular flexibility index (Phi) is 4.21. The maximum atomic E-state index is 13.0. The van der Waals surface area contributed by atoms with Gasteiger partial charge >= 0.3 is 0 Å². The molecule has 0 aromatic heterocycles. The fraction of sp³-hybridized carbons (Fsp3) is 0.941. The van der Waals surface area contributed by atoms with E-state index in [1.165, 1.54) is 19.3 Å². The van der Waals surface area contributed by atoms with Crippen molar-refractivity contribution in [3.63, 3.8) is 0 Å². The van der Waals surface area contributed by atoms with Crippen LogP contribution in [-0.4, -0.2) is 36.0 Å². The Morgan fingerprint density at radius 3 is 2.20 bits per heavy atom. The second-order valence-electron chi connectivity index (χ2n) is 8.11. The minimum Gasteiger partial charge on any atom is -0.338 e. The summed E-state index contributed by atoms with van der Waals surface area (Å²) in [4.78, 5) is 15.1. The second-order valence-corrected chi connectivity index (χ2v) is 8.11. The van der Waals surface area contributed by atoms with Gasteiger partial charge < -0.3 is 10.2 Å². The monoisotopic (exact) mass is 280 g/mol. The van der Waals surface area contributed by atoms with Gasteiger partial charge in [-0.1, -0.05) is 34.1 Å². The number of amides is 1. The van der Waals surface area contributed by atoms with Crippen molar-refractivity contribution in [1.82, 2.24) is 10.2 Å². The van der Waals surface area contributed by atoms with Gasteiger partial charge in [-0.05, 0) is 44.1 Å². The van der Waals surface area contributed by atoms with Gasteiger partial charge in [0.2, 0.25) is 5.91 Å². The summed E-state index contributed by atoms with van der Waals surface area (Å²) in [5, 5.41) is 3.57. The Morgan fingerprint density at radius 2 is 1.80 bits per heavy atom. The van der Waals surface area contributed by atoms with Gasteiger partial charge in [0.25, 0.3) is 0 Å². The first kappa shape index (κ1) is 15.8. The number of carbonyl (C=O) groups excluding carboxylic acids is 1. The molecule has 1 amide bonds. The van der Waals surface area contributed by atoms with Gasteiger partial charge in [-0.2, -0.15) is 0 Å². The molecule has 3 heteroatoms. The average Bonchev–Trinajstić information content (AvgIpc) is 2.77. The van der Waals surface area contributed by atoms with Crippen LogP contribution >= 0.6 is 0 Å². The van der Waals surface area contributed by atoms with Crippen LogP contribution in [0.2, 0.25) is 0 Å². The maximum absolute atomic E-state index is 13.0. The van der Waals surface area contributed by atoms with E-state index in [0.29, 0.717) is 18.0 Å². The summed E-state index contributed by atoms with van der Waals surface area (Å²) >= 11 is 0. The first-order valence-corrected chi connectivity index (χ1v) is 8.23. The lowest BCUT2D eigenvalue weighted by Crippen LogP contribution is -2.49. The van der Waals surface area contributed by atoms with Gasteiger partial charge in [-0.25, -0.2) is 0 Å². The second kappa shape index (κ2) is 5.32. The van der Waals surface area contributed by atoms with Crippen molar-refractivity contribution < 1.29 is 4.79 Å². The number of hydrogen-bond donors (Lipinski definition) is 1. The first-order chi connectivity index (χ1) is 9.19. The number of rotatable bonds is 4. The molecule has 0 aromatic rings. The minimum absolute atomic E-state index is 0.136. The molecule has 3 nitrogen and oxygen atoms in total. The number of piperidine rings is 1. The summed E-state index contributed by atoms with van der Waals surface area (Å²) < 4.78 is 0. The molecule has 0 aromatic carbocycles. The van der Waals surface area contributed by atoms with Crippen LogP contribution in [0.15, 0.2) is 0 Å². The predicted molar refractivity (Wildman–Crippen MR) is 83.5 cm³/mol. The Balaban J connectivity index is 2.04. The molecule has 1 saturated heterocycles. The minimum atomic E-state index is 0.136. The van der Waals surface area contributed by atoms with E-state index in [1.807, 2.05) is 0 Å². The van der Waals surface area contributed by atoms with Crippen LogP contribution in [0.3, 0.4) is 0 Å². The molecule has 0 radical (unpaired) electrons. The predicted octanol–water partition coefficient (Wildman–Crippen LogP) is 3.05. The molecule has 1 unspecified atom stereocenters. The van der Waals surface area contributed by atoms with Gasteiger partial charge in [-0.15, -0.1) is 0 Å². The third-order valence-electron chi connectivity index (χ3n) is 6.00. The molecule has 1 aliphatic heterocycles. The summed E-state index contributed by atoms with van der Waals surface area (Å²) in [5.41, 5.74) is 0.272. The molecule has 20 heavy (non-hydrogen) atoms. The van der Waals surface area contributed by atoms with Crippen molar-refractivity contribution in [3.05, 3.63) is 0 Å². The molecule has 1 atom stereocenters. The SMILES string of the molecule is CC(C)N(CC1CCCCN1)C(=O)C1C(C)(C)C1(C)C. The molecule has 1 N–H and O–H groups in total. The molecule has 1 aliphatic carbocycles. The van der Waals surface area contributed by atoms with E-state index in [1.54, 1.807) is 0 Å². The number of nitrogens with zero attached hydrogens (tertiary/aromatic N) is 1. The topological polar surface area (TPSA) is 32.3 Å². The van der Waals surface area contributed by atoms with Gasteiger partial charge in [0.15, 0.2) is 0 Å². The summed E-state index contributed by atoms with van der Waals surface area (Å²) in [5.74, 6) is 0.545. The fourth-order valence-corrected chi connectivity index (χ4v) is 3.85. The zero-order chi connectivity index (χ0) is 15.1. The molecule has 1 saturated carbocycles. The van der Waals surface area contributed by atoms with Crippen molar-refractivity contribution in [3.8, 4) is 0 Å². The molecule has 2 aliphatic rings. The van der Waals surface area contributed by atoms with Crippen LogP contribution < -0.4 is 5.32 Å². The average molecular weight is 280 g/mol. The van der Waals surface area contributed by atoms with Crippen LogP contribution in [0.1, 0.15) is 60.8 Å². The van der Waals surface area contributed by atoms with E-state index in [4.69, 9.17) is 0 Å². The highest BCUT2D eigenvalue weighted by Crippen LogP contribution is 2.68. The quantitative estimate of drug-likeness (QED) is 0.858. The van der Waals surface area contributed by atoms with Crippen molar-refractivity contribution in [2.24, 2.45) is 16.7 Å². The first-order valence-electron chi connectivity index (χ1n) is 8.23. The summed E-state index contributed by atoms with van der Waals surface area (Å²) in [6.07, 6.45) is 3.76. The van der Waals surface area contributed by atoms with E-state index < -0.39 is 0 Å². The van der Waals surface area contributed by atoms with E-state index in [0.717, 1.165) is 13.1 Å². The third kappa shape index (κ3) is 2.61. The zero-order valence-electron chi connectivity index (χ0n) is 14.1. The largest absolute Gasteiger partial charge is 0.338 e. The molecule has 0 bridgehead atoms. The molecule has 1 heterocycles. The highest BCUT2D eigenvalue weighted by molar-refractivity contribution is 5.84. The van der Waals surface area contributed by atoms with Gasteiger partial charge in [0.05, 0.1) is 0 Å². The number of nitrogens with one attached hydrogen (secondary N) is 1. The Hall–Kier alpha value is -0.570. The van der Waals surface area contributed by atoms with E-state index >= 15 is 0 Å². The van der Waals surface area contributed by atoms with Gasteiger partial charge in [-0.3, -0.25) is 4.79 Å². The van der Waals surface area contributed by atoms with Crippen LogP contribution in [0.25, 0.3) is 0 Å². The highest BCUT2D eigenvalue weighted by atomic mass is 16.2. The van der Waals surface area contributed by atoms with Crippen LogP contribution in [0.5, 0.6) is 0 Å². The summed E-state index contributed by atoms with van der Waals surface area (Å²) in [7, 11) is 0. The third-order valence-corrected chi connectivity index (χ3v) is 6.00. The standard InChI is InChI=1S/C17H32N2O/c1-12(2)19(11-13-9-7-8-10-18-13)15(20)14-16(3,4)17(14,5)6/h12-14,18H,7-11H2,1-6H3. The molecule has 0 spiro atoms.